The molecule has 0 fully saturated rings. The number of rotatable bonds is 3. The van der Waals surface area contributed by atoms with Gasteiger partial charge in [-0.05, 0) is 31.9 Å². The molecule has 0 radical (unpaired) electrons. The minimum absolute atomic E-state index is 0.232. The number of aryl methyl sites for hydroxylation is 1. The summed E-state index contributed by atoms with van der Waals surface area (Å²) in [5, 5.41) is 16.6. The summed E-state index contributed by atoms with van der Waals surface area (Å²) in [6.07, 6.45) is -9.40. The van der Waals surface area contributed by atoms with Crippen molar-refractivity contribution >= 4 is 11.7 Å². The first kappa shape index (κ1) is 22.1. The highest BCUT2D eigenvalue weighted by molar-refractivity contribution is 5.96. The SMILES string of the molecule is Cc1nn(-c2ccccc2)c(NC2=NCCCCC2)c1C(O)(C(F)(F)F)C(F)(F)F. The lowest BCUT2D eigenvalue weighted by Gasteiger charge is -2.33. The molecule has 11 heteroatoms. The number of halogens is 6. The van der Waals surface area contributed by atoms with Gasteiger partial charge in [-0.25, -0.2) is 4.68 Å². The highest BCUT2D eigenvalue weighted by Crippen LogP contribution is 2.53. The van der Waals surface area contributed by atoms with Gasteiger partial charge in [-0.2, -0.15) is 31.4 Å². The first-order chi connectivity index (χ1) is 14.0. The van der Waals surface area contributed by atoms with Gasteiger partial charge in [0, 0.05) is 13.0 Å². The van der Waals surface area contributed by atoms with Gasteiger partial charge in [0.1, 0.15) is 11.7 Å². The molecule has 1 aliphatic heterocycles. The maximum Gasteiger partial charge on any atom is 0.430 e. The summed E-state index contributed by atoms with van der Waals surface area (Å²) in [5.74, 6) is -0.367. The van der Waals surface area contributed by atoms with Gasteiger partial charge in [0.2, 0.25) is 0 Å². The molecule has 0 bridgehead atoms. The van der Waals surface area contributed by atoms with E-state index in [1.807, 2.05) is 0 Å². The van der Waals surface area contributed by atoms with Crippen molar-refractivity contribution in [2.75, 3.05) is 11.9 Å². The number of anilines is 1. The number of aliphatic hydroxyl groups is 1. The second kappa shape index (κ2) is 7.93. The van der Waals surface area contributed by atoms with Gasteiger partial charge in [0.25, 0.3) is 5.60 Å². The molecule has 5 nitrogen and oxygen atoms in total. The van der Waals surface area contributed by atoms with E-state index in [-0.39, 0.29) is 11.5 Å². The first-order valence-electron chi connectivity index (χ1n) is 9.28. The van der Waals surface area contributed by atoms with E-state index in [4.69, 9.17) is 0 Å². The van der Waals surface area contributed by atoms with Crippen LogP contribution in [0.3, 0.4) is 0 Å². The summed E-state index contributed by atoms with van der Waals surface area (Å²) in [6.45, 7) is 1.40. The molecule has 1 aromatic carbocycles. The fourth-order valence-electron chi connectivity index (χ4n) is 3.39. The van der Waals surface area contributed by atoms with E-state index < -0.39 is 35.0 Å². The van der Waals surface area contributed by atoms with E-state index in [1.54, 1.807) is 18.2 Å². The summed E-state index contributed by atoms with van der Waals surface area (Å²) < 4.78 is 82.7. The summed E-state index contributed by atoms with van der Waals surface area (Å²) in [4.78, 5) is 4.23. The molecule has 2 heterocycles. The molecule has 0 spiro atoms. The quantitative estimate of drug-likeness (QED) is 0.677. The normalized spacial score (nSPS) is 16.2. The van der Waals surface area contributed by atoms with Crippen molar-refractivity contribution in [2.24, 2.45) is 4.99 Å². The Labute approximate surface area is 168 Å². The summed E-state index contributed by atoms with van der Waals surface area (Å²) in [6, 6.07) is 7.75. The first-order valence-corrected chi connectivity index (χ1v) is 9.28. The van der Waals surface area contributed by atoms with Crippen molar-refractivity contribution in [3.63, 3.8) is 0 Å². The molecule has 2 aromatic rings. The van der Waals surface area contributed by atoms with Crippen LogP contribution in [0, 0.1) is 6.92 Å². The van der Waals surface area contributed by atoms with Crippen LogP contribution in [-0.4, -0.2) is 39.6 Å². The minimum atomic E-state index is -6.03. The Kier molecular flexibility index (Phi) is 5.85. The molecule has 0 saturated carbocycles. The smallest absolute Gasteiger partial charge is 0.369 e. The van der Waals surface area contributed by atoms with Crippen molar-refractivity contribution in [3.05, 3.63) is 41.6 Å². The van der Waals surface area contributed by atoms with Crippen molar-refractivity contribution < 1.29 is 31.4 Å². The van der Waals surface area contributed by atoms with Gasteiger partial charge in [0.05, 0.1) is 16.9 Å². The van der Waals surface area contributed by atoms with Gasteiger partial charge in [-0.3, -0.25) is 4.99 Å². The van der Waals surface area contributed by atoms with Crippen molar-refractivity contribution in [3.8, 4) is 5.69 Å². The zero-order valence-electron chi connectivity index (χ0n) is 16.0. The molecule has 3 rings (SSSR count). The molecule has 1 aliphatic rings. The van der Waals surface area contributed by atoms with Crippen LogP contribution in [-0.2, 0) is 5.60 Å². The van der Waals surface area contributed by atoms with E-state index in [0.717, 1.165) is 24.4 Å². The third kappa shape index (κ3) is 3.90. The molecule has 0 amide bonds. The maximum atomic E-state index is 13.6. The topological polar surface area (TPSA) is 62.4 Å². The van der Waals surface area contributed by atoms with E-state index in [2.05, 4.69) is 15.4 Å². The molecule has 1 aromatic heterocycles. The summed E-state index contributed by atoms with van der Waals surface area (Å²) in [7, 11) is 0. The predicted octanol–water partition coefficient (Wildman–Crippen LogP) is 4.88. The number of amidine groups is 1. The molecule has 0 saturated heterocycles. The van der Waals surface area contributed by atoms with Gasteiger partial charge < -0.3 is 10.4 Å². The number of hydrogen-bond acceptors (Lipinski definition) is 4. The number of aliphatic imine (C=N–C) groups is 1. The van der Waals surface area contributed by atoms with Crippen LogP contribution in [0.15, 0.2) is 35.3 Å². The van der Waals surface area contributed by atoms with Crippen molar-refractivity contribution in [1.29, 1.82) is 0 Å². The average Bonchev–Trinajstić information content (AvgIpc) is 2.82. The fourth-order valence-corrected chi connectivity index (χ4v) is 3.39. The number of nitrogens with zero attached hydrogens (tertiary/aromatic N) is 3. The summed E-state index contributed by atoms with van der Waals surface area (Å²) >= 11 is 0. The van der Waals surface area contributed by atoms with E-state index in [9.17, 15) is 31.4 Å². The van der Waals surface area contributed by atoms with Gasteiger partial charge in [-0.1, -0.05) is 24.6 Å². The van der Waals surface area contributed by atoms with Crippen LogP contribution in [0.25, 0.3) is 5.69 Å². The Balaban J connectivity index is 2.27. The lowest BCUT2D eigenvalue weighted by atomic mass is 9.91. The Morgan fingerprint density at radius 2 is 1.60 bits per heavy atom. The largest absolute Gasteiger partial charge is 0.430 e. The number of benzene rings is 1. The van der Waals surface area contributed by atoms with Gasteiger partial charge in [0.15, 0.2) is 0 Å². The van der Waals surface area contributed by atoms with Crippen LogP contribution >= 0.6 is 0 Å². The van der Waals surface area contributed by atoms with Crippen molar-refractivity contribution in [1.82, 2.24) is 9.78 Å². The van der Waals surface area contributed by atoms with Gasteiger partial charge in [-0.15, -0.1) is 0 Å². The van der Waals surface area contributed by atoms with E-state index in [1.165, 1.54) is 12.1 Å². The third-order valence-electron chi connectivity index (χ3n) is 4.88. The molecule has 2 N–H and O–H groups in total. The second-order valence-electron chi connectivity index (χ2n) is 7.03. The highest BCUT2D eigenvalue weighted by atomic mass is 19.4. The Bertz CT molecular complexity index is 904. The number of alkyl halides is 6. The maximum absolute atomic E-state index is 13.6. The third-order valence-corrected chi connectivity index (χ3v) is 4.88. The standard InChI is InChI=1S/C19H20F6N4O/c1-12-15(17(30,18(20,21)22)19(23,24)25)16(27-14-10-6-3-7-11-26-14)29(28-12)13-8-4-2-5-9-13/h2,4-5,8-9,30H,3,6-7,10-11H2,1H3,(H,26,27). The van der Waals surface area contributed by atoms with Crippen LogP contribution in [0.4, 0.5) is 32.2 Å². The Hall–Kier alpha value is -2.56. The molecule has 0 atom stereocenters. The number of aromatic nitrogens is 2. The monoisotopic (exact) mass is 434 g/mol. The van der Waals surface area contributed by atoms with E-state index in [0.29, 0.717) is 19.4 Å². The minimum Gasteiger partial charge on any atom is -0.369 e. The van der Waals surface area contributed by atoms with Crippen LogP contribution in [0.2, 0.25) is 0 Å². The van der Waals surface area contributed by atoms with Crippen molar-refractivity contribution in [2.45, 2.75) is 50.6 Å². The zero-order chi connectivity index (χ0) is 22.2. The fraction of sp³-hybridized carbons (Fsp3) is 0.474. The zero-order valence-corrected chi connectivity index (χ0v) is 16.0. The highest BCUT2D eigenvalue weighted by Gasteiger charge is 2.73. The second-order valence-corrected chi connectivity index (χ2v) is 7.03. The van der Waals surface area contributed by atoms with E-state index >= 15 is 0 Å². The molecule has 0 aliphatic carbocycles. The lowest BCUT2D eigenvalue weighted by molar-refractivity contribution is -0.376. The number of hydrogen-bond donors (Lipinski definition) is 2. The molecular formula is C19H20F6N4O. The molecule has 0 unspecified atom stereocenters. The molecule has 30 heavy (non-hydrogen) atoms. The molecular weight excluding hydrogens is 414 g/mol. The predicted molar refractivity (Wildman–Crippen MR) is 98.7 cm³/mol. The van der Waals surface area contributed by atoms with Crippen LogP contribution in [0.1, 0.15) is 36.9 Å². The number of nitrogens with one attached hydrogen (secondary N) is 1. The van der Waals surface area contributed by atoms with Crippen LogP contribution in [0.5, 0.6) is 0 Å². The van der Waals surface area contributed by atoms with Crippen LogP contribution < -0.4 is 5.32 Å². The molecule has 164 valence electrons. The lowest BCUT2D eigenvalue weighted by Crippen LogP contribution is -2.54. The average molecular weight is 434 g/mol. The Morgan fingerprint density at radius 1 is 0.967 bits per heavy atom. The Morgan fingerprint density at radius 3 is 2.20 bits per heavy atom. The summed E-state index contributed by atoms with van der Waals surface area (Å²) in [5.41, 5.74) is -6.87. The number of para-hydroxylation sites is 1. The van der Waals surface area contributed by atoms with Gasteiger partial charge >= 0.3 is 12.4 Å².